The van der Waals surface area contributed by atoms with Gasteiger partial charge in [0.15, 0.2) is 17.3 Å². The molecule has 11 rings (SSSR count). The van der Waals surface area contributed by atoms with Crippen LogP contribution in [0.2, 0.25) is 0 Å². The van der Waals surface area contributed by atoms with E-state index in [2.05, 4.69) is 190 Å². The lowest BCUT2D eigenvalue weighted by Gasteiger charge is -2.13. The summed E-state index contributed by atoms with van der Waals surface area (Å²) in [6.45, 7) is 0. The molecule has 0 bridgehead atoms. The van der Waals surface area contributed by atoms with E-state index in [9.17, 15) is 0 Å². The predicted octanol–water partition coefficient (Wildman–Crippen LogP) is 11.4. The van der Waals surface area contributed by atoms with E-state index < -0.39 is 0 Å². The molecule has 0 aliphatic heterocycles. The number of nitrogens with zero attached hydrogens (tertiary/aromatic N) is 5. The number of hydrogen-bond donors (Lipinski definition) is 0. The fourth-order valence-electron chi connectivity index (χ4n) is 8.07. The number of para-hydroxylation sites is 6. The van der Waals surface area contributed by atoms with Gasteiger partial charge in [0.2, 0.25) is 0 Å². The zero-order chi connectivity index (χ0) is 33.5. The lowest BCUT2D eigenvalue weighted by Crippen LogP contribution is -2.04. The summed E-state index contributed by atoms with van der Waals surface area (Å²) >= 11 is 0. The van der Waals surface area contributed by atoms with Crippen LogP contribution in [0.25, 0.3) is 94.1 Å². The Balaban J connectivity index is 1.21. The van der Waals surface area contributed by atoms with E-state index in [0.717, 1.165) is 55.7 Å². The van der Waals surface area contributed by atoms with Crippen LogP contribution in [0.4, 0.5) is 0 Å². The van der Waals surface area contributed by atoms with Crippen LogP contribution in [0.3, 0.4) is 0 Å². The molecule has 0 N–H and O–H groups in total. The van der Waals surface area contributed by atoms with E-state index in [1.807, 2.05) is 0 Å². The van der Waals surface area contributed by atoms with Crippen molar-refractivity contribution in [3.63, 3.8) is 0 Å². The van der Waals surface area contributed by atoms with Gasteiger partial charge in [0.1, 0.15) is 0 Å². The third kappa shape index (κ3) is 4.03. The molecule has 51 heavy (non-hydrogen) atoms. The predicted molar refractivity (Wildman–Crippen MR) is 210 cm³/mol. The van der Waals surface area contributed by atoms with Crippen molar-refractivity contribution in [1.82, 2.24) is 23.7 Å². The first-order chi connectivity index (χ1) is 25.3. The van der Waals surface area contributed by atoms with E-state index >= 15 is 0 Å². The van der Waals surface area contributed by atoms with Crippen LogP contribution in [0.1, 0.15) is 0 Å². The van der Waals surface area contributed by atoms with Crippen LogP contribution in [0, 0.1) is 0 Å². The fourth-order valence-corrected chi connectivity index (χ4v) is 8.07. The van der Waals surface area contributed by atoms with Crippen LogP contribution < -0.4 is 0 Å². The van der Waals surface area contributed by atoms with Crippen molar-refractivity contribution in [2.24, 2.45) is 0 Å². The summed E-state index contributed by atoms with van der Waals surface area (Å²) in [6, 6.07) is 62.3. The molecule has 0 amide bonds. The average Bonchev–Trinajstić information content (AvgIpc) is 3.84. The molecule has 5 nitrogen and oxygen atoms in total. The fraction of sp³-hybridized carbons (Fsp3) is 0. The molecular formula is C46H29N5. The van der Waals surface area contributed by atoms with Crippen molar-refractivity contribution in [2.45, 2.75) is 0 Å². The number of benzene rings is 7. The molecule has 4 heterocycles. The van der Waals surface area contributed by atoms with Gasteiger partial charge >= 0.3 is 0 Å². The number of rotatable bonds is 4. The van der Waals surface area contributed by atoms with Gasteiger partial charge in [-0.3, -0.25) is 9.13 Å². The summed E-state index contributed by atoms with van der Waals surface area (Å²) in [6.07, 6.45) is 0. The molecule has 4 aromatic heterocycles. The molecule has 0 aliphatic rings. The minimum atomic E-state index is 0.674. The van der Waals surface area contributed by atoms with Gasteiger partial charge in [-0.25, -0.2) is 9.97 Å². The first-order valence-corrected chi connectivity index (χ1v) is 17.3. The Labute approximate surface area is 292 Å². The molecule has 0 aliphatic carbocycles. The van der Waals surface area contributed by atoms with Gasteiger partial charge in [0, 0.05) is 43.9 Å². The van der Waals surface area contributed by atoms with Crippen molar-refractivity contribution in [1.29, 1.82) is 0 Å². The van der Waals surface area contributed by atoms with Gasteiger partial charge in [-0.1, -0.05) is 109 Å². The van der Waals surface area contributed by atoms with Crippen LogP contribution in [-0.4, -0.2) is 23.7 Å². The van der Waals surface area contributed by atoms with E-state index in [1.54, 1.807) is 0 Å². The van der Waals surface area contributed by atoms with E-state index in [0.29, 0.717) is 5.82 Å². The normalized spacial score (nSPS) is 11.9. The Kier molecular flexibility index (Phi) is 5.89. The first kappa shape index (κ1) is 27.9. The number of aromatic nitrogens is 5. The Bertz CT molecular complexity index is 3020. The standard InChI is InChI=1S/C46H29N5/c1-2-14-31(15-3-1)50-42-25-13-8-20-37(42)43-45(50)47-44(48-46(43)51-40-23-11-6-18-35(40)36-19-7-12-24-41(36)51)30-26-28-32(29-27-30)49-38-21-9-4-16-33(38)34-17-5-10-22-39(34)49/h1-29H. The van der Waals surface area contributed by atoms with Crippen LogP contribution in [0.15, 0.2) is 176 Å². The first-order valence-electron chi connectivity index (χ1n) is 17.3. The van der Waals surface area contributed by atoms with E-state index in [4.69, 9.17) is 9.97 Å². The highest BCUT2D eigenvalue weighted by Gasteiger charge is 2.23. The lowest BCUT2D eigenvalue weighted by atomic mass is 10.1. The summed E-state index contributed by atoms with van der Waals surface area (Å²) in [5.74, 6) is 1.54. The summed E-state index contributed by atoms with van der Waals surface area (Å²) in [4.78, 5) is 10.9. The Hall–Kier alpha value is -6.98. The zero-order valence-corrected chi connectivity index (χ0v) is 27.5. The van der Waals surface area contributed by atoms with Gasteiger partial charge in [-0.05, 0) is 66.7 Å². The van der Waals surface area contributed by atoms with Crippen molar-refractivity contribution in [3.05, 3.63) is 176 Å². The van der Waals surface area contributed by atoms with E-state index in [1.165, 1.54) is 32.6 Å². The van der Waals surface area contributed by atoms with Gasteiger partial charge in [-0.2, -0.15) is 0 Å². The molecule has 0 saturated carbocycles. The maximum atomic E-state index is 5.50. The highest BCUT2D eigenvalue weighted by Crippen LogP contribution is 2.40. The molecule has 0 fully saturated rings. The third-order valence-electron chi connectivity index (χ3n) is 10.3. The Morgan fingerprint density at radius 3 is 1.25 bits per heavy atom. The average molecular weight is 652 g/mol. The maximum Gasteiger partial charge on any atom is 0.163 e. The zero-order valence-electron chi connectivity index (χ0n) is 27.5. The smallest absolute Gasteiger partial charge is 0.163 e. The quantitative estimate of drug-likeness (QED) is 0.190. The minimum Gasteiger partial charge on any atom is -0.309 e. The molecule has 238 valence electrons. The third-order valence-corrected chi connectivity index (χ3v) is 10.3. The maximum absolute atomic E-state index is 5.50. The molecule has 0 atom stereocenters. The van der Waals surface area contributed by atoms with Crippen molar-refractivity contribution in [2.75, 3.05) is 0 Å². The summed E-state index contributed by atoms with van der Waals surface area (Å²) < 4.78 is 6.95. The molecule has 0 spiro atoms. The highest BCUT2D eigenvalue weighted by atomic mass is 15.1. The second-order valence-corrected chi connectivity index (χ2v) is 13.0. The van der Waals surface area contributed by atoms with Crippen molar-refractivity contribution < 1.29 is 0 Å². The Morgan fingerprint density at radius 2 is 0.725 bits per heavy atom. The topological polar surface area (TPSA) is 40.6 Å². The molecule has 0 radical (unpaired) electrons. The molecule has 7 aromatic carbocycles. The van der Waals surface area contributed by atoms with Crippen LogP contribution in [-0.2, 0) is 0 Å². The molecule has 11 aromatic rings. The molecule has 5 heteroatoms. The highest BCUT2D eigenvalue weighted by molar-refractivity contribution is 6.15. The summed E-state index contributed by atoms with van der Waals surface area (Å²) in [5, 5.41) is 7.02. The van der Waals surface area contributed by atoms with Crippen molar-refractivity contribution >= 4 is 65.5 Å². The number of hydrogen-bond acceptors (Lipinski definition) is 2. The minimum absolute atomic E-state index is 0.674. The van der Waals surface area contributed by atoms with Gasteiger partial charge in [-0.15, -0.1) is 0 Å². The van der Waals surface area contributed by atoms with Crippen LogP contribution in [0.5, 0.6) is 0 Å². The molecule has 0 saturated heterocycles. The SMILES string of the molecule is c1ccc(-n2c3ccccc3c3c(-n4c5ccccc5c5ccccc54)nc(-c4ccc(-n5c6ccccc6c6ccccc65)cc4)nc32)cc1. The molecule has 0 unspecified atom stereocenters. The number of fused-ring (bicyclic) bond motifs is 9. The monoisotopic (exact) mass is 651 g/mol. The molecular weight excluding hydrogens is 623 g/mol. The second kappa shape index (κ2) is 10.8. The largest absolute Gasteiger partial charge is 0.309 e. The summed E-state index contributed by atoms with van der Waals surface area (Å²) in [7, 11) is 0. The van der Waals surface area contributed by atoms with E-state index in [-0.39, 0.29) is 0 Å². The summed E-state index contributed by atoms with van der Waals surface area (Å²) in [5.41, 5.74) is 9.67. The Morgan fingerprint density at radius 1 is 0.314 bits per heavy atom. The van der Waals surface area contributed by atoms with Gasteiger partial charge < -0.3 is 4.57 Å². The van der Waals surface area contributed by atoms with Crippen molar-refractivity contribution in [3.8, 4) is 28.6 Å². The van der Waals surface area contributed by atoms with Crippen LogP contribution >= 0.6 is 0 Å². The van der Waals surface area contributed by atoms with Gasteiger partial charge in [0.05, 0.1) is 33.0 Å². The lowest BCUT2D eigenvalue weighted by molar-refractivity contribution is 1.05. The second-order valence-electron chi connectivity index (χ2n) is 13.0. The van der Waals surface area contributed by atoms with Gasteiger partial charge in [0.25, 0.3) is 0 Å².